The van der Waals surface area contributed by atoms with E-state index >= 15 is 0 Å². The van der Waals surface area contributed by atoms with Crippen LogP contribution < -0.4 is 10.6 Å². The average Bonchev–Trinajstić information content (AvgIpc) is 2.60. The molecule has 8 heteroatoms. The minimum Gasteiger partial charge on any atom is -0.322 e. The molecule has 2 N–H and O–H groups in total. The van der Waals surface area contributed by atoms with Crippen LogP contribution in [0.1, 0.15) is 20.7 Å². The zero-order valence-electron chi connectivity index (χ0n) is 14.1. The van der Waals surface area contributed by atoms with Crippen LogP contribution in [0, 0.1) is 23.3 Å². The second kappa shape index (κ2) is 7.91. The average molecular weight is 388 g/mol. The van der Waals surface area contributed by atoms with Crippen molar-refractivity contribution >= 4 is 23.2 Å². The van der Waals surface area contributed by atoms with Gasteiger partial charge in [0, 0.05) is 34.6 Å². The van der Waals surface area contributed by atoms with Crippen molar-refractivity contribution in [3.8, 4) is 0 Å². The van der Waals surface area contributed by atoms with Crippen molar-refractivity contribution in [3.05, 3.63) is 95.1 Å². The number of carbonyl (C=O) groups is 2. The summed E-state index contributed by atoms with van der Waals surface area (Å²) in [5.41, 5.74) is -0.0920. The van der Waals surface area contributed by atoms with Gasteiger partial charge in [0.05, 0.1) is 0 Å². The van der Waals surface area contributed by atoms with Crippen molar-refractivity contribution in [2.75, 3.05) is 10.6 Å². The number of hydrogen-bond donors (Lipinski definition) is 2. The van der Waals surface area contributed by atoms with E-state index in [1.54, 1.807) is 0 Å². The van der Waals surface area contributed by atoms with E-state index in [1.165, 1.54) is 24.3 Å². The van der Waals surface area contributed by atoms with E-state index in [-0.39, 0.29) is 22.5 Å². The first-order chi connectivity index (χ1) is 13.3. The molecule has 0 aliphatic heterocycles. The summed E-state index contributed by atoms with van der Waals surface area (Å²) in [6.45, 7) is 0. The highest BCUT2D eigenvalue weighted by Gasteiger charge is 2.13. The van der Waals surface area contributed by atoms with Crippen LogP contribution in [0.5, 0.6) is 0 Å². The molecule has 4 nitrogen and oxygen atoms in total. The van der Waals surface area contributed by atoms with Crippen molar-refractivity contribution in [1.82, 2.24) is 0 Å². The van der Waals surface area contributed by atoms with Crippen molar-refractivity contribution < 1.29 is 27.2 Å². The molecule has 0 unspecified atom stereocenters. The highest BCUT2D eigenvalue weighted by molar-refractivity contribution is 6.08. The maximum absolute atomic E-state index is 13.2. The third kappa shape index (κ3) is 4.73. The quantitative estimate of drug-likeness (QED) is 0.634. The number of benzene rings is 3. The lowest BCUT2D eigenvalue weighted by Crippen LogP contribution is -2.16. The fourth-order valence-corrected chi connectivity index (χ4v) is 2.46. The summed E-state index contributed by atoms with van der Waals surface area (Å²) >= 11 is 0. The van der Waals surface area contributed by atoms with Crippen LogP contribution in [0.4, 0.5) is 28.9 Å². The molecule has 142 valence electrons. The summed E-state index contributed by atoms with van der Waals surface area (Å²) in [6.07, 6.45) is 0. The third-order valence-electron chi connectivity index (χ3n) is 3.63. The molecule has 0 atom stereocenters. The monoisotopic (exact) mass is 388 g/mol. The molecule has 3 aromatic carbocycles. The molecule has 0 fully saturated rings. The molecule has 0 bridgehead atoms. The number of anilines is 2. The van der Waals surface area contributed by atoms with E-state index in [0.717, 1.165) is 24.3 Å². The molecule has 0 spiro atoms. The number of amides is 2. The van der Waals surface area contributed by atoms with Gasteiger partial charge >= 0.3 is 0 Å². The topological polar surface area (TPSA) is 58.2 Å². The zero-order valence-corrected chi connectivity index (χ0v) is 14.1. The highest BCUT2D eigenvalue weighted by Crippen LogP contribution is 2.17. The predicted octanol–water partition coefficient (Wildman–Crippen LogP) is 4.75. The lowest BCUT2D eigenvalue weighted by molar-refractivity contribution is 0.102. The number of carbonyl (C=O) groups excluding carboxylic acids is 2. The number of rotatable bonds is 4. The van der Waals surface area contributed by atoms with E-state index in [1.807, 2.05) is 0 Å². The van der Waals surface area contributed by atoms with E-state index in [0.29, 0.717) is 12.1 Å². The Morgan fingerprint density at radius 3 is 1.29 bits per heavy atom. The second-order valence-corrected chi connectivity index (χ2v) is 5.81. The van der Waals surface area contributed by atoms with Crippen LogP contribution in [0.25, 0.3) is 0 Å². The molecule has 2 amide bonds. The van der Waals surface area contributed by atoms with Gasteiger partial charge in [-0.25, -0.2) is 17.6 Å². The van der Waals surface area contributed by atoms with Gasteiger partial charge in [0.25, 0.3) is 11.8 Å². The first-order valence-corrected chi connectivity index (χ1v) is 7.95. The molecular formula is C20H12F4N2O2. The molecular weight excluding hydrogens is 376 g/mol. The Hall–Kier alpha value is -3.68. The van der Waals surface area contributed by atoms with E-state index in [4.69, 9.17) is 0 Å². The maximum Gasteiger partial charge on any atom is 0.255 e. The highest BCUT2D eigenvalue weighted by atomic mass is 19.1. The van der Waals surface area contributed by atoms with Gasteiger partial charge in [-0.05, 0) is 42.5 Å². The Morgan fingerprint density at radius 1 is 0.571 bits per heavy atom. The smallest absolute Gasteiger partial charge is 0.255 e. The normalized spacial score (nSPS) is 10.4. The standard InChI is InChI=1S/C20H12F4N2O2/c21-13-5-14(22)8-17(7-13)25-19(27)11-2-1-3-12(4-11)20(28)26-18-9-15(23)6-16(24)10-18/h1-10H,(H,25,27)(H,26,28). The molecule has 3 rings (SSSR count). The van der Waals surface area contributed by atoms with Crippen molar-refractivity contribution in [2.24, 2.45) is 0 Å². The van der Waals surface area contributed by atoms with Gasteiger partial charge in [-0.2, -0.15) is 0 Å². The largest absolute Gasteiger partial charge is 0.322 e. The molecule has 0 saturated heterocycles. The lowest BCUT2D eigenvalue weighted by atomic mass is 10.1. The molecule has 0 aromatic heterocycles. The zero-order chi connectivity index (χ0) is 20.3. The van der Waals surface area contributed by atoms with Crippen LogP contribution in [0.2, 0.25) is 0 Å². The van der Waals surface area contributed by atoms with Crippen molar-refractivity contribution in [3.63, 3.8) is 0 Å². The SMILES string of the molecule is O=C(Nc1cc(F)cc(F)c1)c1cccc(C(=O)Nc2cc(F)cc(F)c2)c1. The minimum atomic E-state index is -0.856. The van der Waals surface area contributed by atoms with Crippen LogP contribution >= 0.6 is 0 Å². The maximum atomic E-state index is 13.2. The molecule has 0 saturated carbocycles. The summed E-state index contributed by atoms with van der Waals surface area (Å²) in [5, 5.41) is 4.64. The number of hydrogen-bond acceptors (Lipinski definition) is 2. The van der Waals surface area contributed by atoms with Gasteiger partial charge in [-0.1, -0.05) is 6.07 Å². The van der Waals surface area contributed by atoms with Gasteiger partial charge in [0.15, 0.2) is 0 Å². The van der Waals surface area contributed by atoms with Crippen LogP contribution in [0.3, 0.4) is 0 Å². The first kappa shape index (κ1) is 19.1. The van der Waals surface area contributed by atoms with Crippen LogP contribution in [0.15, 0.2) is 60.7 Å². The molecule has 0 radical (unpaired) electrons. The summed E-state index contributed by atoms with van der Waals surface area (Å²) in [6, 6.07) is 10.5. The van der Waals surface area contributed by atoms with E-state index < -0.39 is 35.1 Å². The number of halogens is 4. The Kier molecular flexibility index (Phi) is 5.39. The van der Waals surface area contributed by atoms with Gasteiger partial charge in [0.2, 0.25) is 0 Å². The van der Waals surface area contributed by atoms with Gasteiger partial charge in [0.1, 0.15) is 23.3 Å². The van der Waals surface area contributed by atoms with Crippen molar-refractivity contribution in [2.45, 2.75) is 0 Å². The fourth-order valence-electron chi connectivity index (χ4n) is 2.46. The first-order valence-electron chi connectivity index (χ1n) is 7.95. The van der Waals surface area contributed by atoms with Gasteiger partial charge in [-0.15, -0.1) is 0 Å². The second-order valence-electron chi connectivity index (χ2n) is 5.81. The fraction of sp³-hybridized carbons (Fsp3) is 0. The van der Waals surface area contributed by atoms with Crippen LogP contribution in [-0.4, -0.2) is 11.8 Å². The molecule has 0 aliphatic rings. The lowest BCUT2D eigenvalue weighted by Gasteiger charge is -2.09. The van der Waals surface area contributed by atoms with Crippen LogP contribution in [-0.2, 0) is 0 Å². The molecule has 3 aromatic rings. The molecule has 28 heavy (non-hydrogen) atoms. The third-order valence-corrected chi connectivity index (χ3v) is 3.63. The van der Waals surface area contributed by atoms with Gasteiger partial charge in [-0.3, -0.25) is 9.59 Å². The Balaban J connectivity index is 1.77. The Morgan fingerprint density at radius 2 is 0.929 bits per heavy atom. The molecule has 0 heterocycles. The summed E-state index contributed by atoms with van der Waals surface area (Å²) < 4.78 is 52.9. The summed E-state index contributed by atoms with van der Waals surface area (Å²) in [7, 11) is 0. The number of nitrogens with one attached hydrogen (secondary N) is 2. The minimum absolute atomic E-state index is 0.0442. The van der Waals surface area contributed by atoms with E-state index in [2.05, 4.69) is 10.6 Å². The summed E-state index contributed by atoms with van der Waals surface area (Å²) in [4.78, 5) is 24.5. The van der Waals surface area contributed by atoms with Crippen molar-refractivity contribution in [1.29, 1.82) is 0 Å². The summed E-state index contributed by atoms with van der Waals surface area (Å²) in [5.74, 6) is -4.82. The van der Waals surface area contributed by atoms with Gasteiger partial charge < -0.3 is 10.6 Å². The molecule has 0 aliphatic carbocycles. The van der Waals surface area contributed by atoms with E-state index in [9.17, 15) is 27.2 Å². The predicted molar refractivity (Wildman–Crippen MR) is 95.1 cm³/mol. The Bertz CT molecular complexity index is 949. The Labute approximate surface area is 156 Å².